The molecule has 2 aliphatic carbocycles. The van der Waals surface area contributed by atoms with Crippen LogP contribution in [0.2, 0.25) is 0 Å². The van der Waals surface area contributed by atoms with Crippen molar-refractivity contribution in [1.29, 1.82) is 0 Å². The van der Waals surface area contributed by atoms with Crippen LogP contribution in [0.25, 0.3) is 0 Å². The number of hydrogen-bond donors (Lipinski definition) is 0. The van der Waals surface area contributed by atoms with Gasteiger partial charge in [0.15, 0.2) is 0 Å². The third-order valence-electron chi connectivity index (χ3n) is 4.16. The van der Waals surface area contributed by atoms with Crippen molar-refractivity contribution in [3.8, 4) is 0 Å². The highest BCUT2D eigenvalue weighted by molar-refractivity contribution is 6.21. The predicted molar refractivity (Wildman–Crippen MR) is 58.2 cm³/mol. The summed E-state index contributed by atoms with van der Waals surface area (Å²) in [4.78, 5) is 0. The zero-order chi connectivity index (χ0) is 9.31. The maximum atomic E-state index is 6.25. The molecule has 0 aromatic heterocycles. The summed E-state index contributed by atoms with van der Waals surface area (Å²) in [6.45, 7) is 2.19. The van der Waals surface area contributed by atoms with Crippen LogP contribution in [-0.4, -0.2) is 5.38 Å². The molecule has 76 valence electrons. The first-order valence-corrected chi connectivity index (χ1v) is 6.31. The van der Waals surface area contributed by atoms with Crippen molar-refractivity contribution < 1.29 is 0 Å². The van der Waals surface area contributed by atoms with E-state index in [4.69, 9.17) is 11.6 Å². The largest absolute Gasteiger partial charge is 0.123 e. The van der Waals surface area contributed by atoms with Crippen LogP contribution in [0.3, 0.4) is 0 Å². The minimum absolute atomic E-state index is 0.412. The number of hydrogen-bond acceptors (Lipinski definition) is 0. The van der Waals surface area contributed by atoms with Crippen molar-refractivity contribution >= 4 is 11.6 Å². The Hall–Kier alpha value is 0.290. The van der Waals surface area contributed by atoms with E-state index in [0.717, 1.165) is 5.92 Å². The van der Waals surface area contributed by atoms with Gasteiger partial charge in [-0.05, 0) is 37.5 Å². The zero-order valence-electron chi connectivity index (χ0n) is 8.69. The highest BCUT2D eigenvalue weighted by Gasteiger charge is 2.47. The molecule has 2 fully saturated rings. The molecule has 0 amide bonds. The fourth-order valence-corrected chi connectivity index (χ4v) is 3.20. The molecule has 13 heavy (non-hydrogen) atoms. The molecule has 2 rings (SSSR count). The minimum Gasteiger partial charge on any atom is -0.123 e. The van der Waals surface area contributed by atoms with E-state index in [2.05, 4.69) is 6.92 Å². The third-order valence-corrected chi connectivity index (χ3v) is 4.62. The van der Waals surface area contributed by atoms with Gasteiger partial charge in [-0.2, -0.15) is 0 Å². The highest BCUT2D eigenvalue weighted by Crippen LogP contribution is 2.56. The molecular formula is C12H21Cl. The topological polar surface area (TPSA) is 0 Å². The van der Waals surface area contributed by atoms with E-state index in [0.29, 0.717) is 10.8 Å². The van der Waals surface area contributed by atoms with E-state index in [1.807, 2.05) is 0 Å². The van der Waals surface area contributed by atoms with Crippen LogP contribution in [0.4, 0.5) is 0 Å². The summed E-state index contributed by atoms with van der Waals surface area (Å²) >= 11 is 6.25. The molecule has 0 aliphatic heterocycles. The lowest BCUT2D eigenvalue weighted by atomic mass is 9.80. The Kier molecular flexibility index (Phi) is 2.88. The Morgan fingerprint density at radius 1 is 1.23 bits per heavy atom. The van der Waals surface area contributed by atoms with Crippen LogP contribution < -0.4 is 0 Å². The molecule has 0 radical (unpaired) electrons. The van der Waals surface area contributed by atoms with E-state index >= 15 is 0 Å². The second kappa shape index (κ2) is 3.81. The van der Waals surface area contributed by atoms with Crippen molar-refractivity contribution in [2.75, 3.05) is 0 Å². The summed E-state index contributed by atoms with van der Waals surface area (Å²) in [5.74, 6) is 1.01. The van der Waals surface area contributed by atoms with Gasteiger partial charge in [-0.1, -0.05) is 32.1 Å². The van der Waals surface area contributed by atoms with Gasteiger partial charge >= 0.3 is 0 Å². The molecule has 1 atom stereocenters. The van der Waals surface area contributed by atoms with Crippen LogP contribution in [-0.2, 0) is 0 Å². The summed E-state index contributed by atoms with van der Waals surface area (Å²) in [7, 11) is 0. The molecule has 0 bridgehead atoms. The van der Waals surface area contributed by atoms with Gasteiger partial charge < -0.3 is 0 Å². The second-order valence-corrected chi connectivity index (χ2v) is 5.84. The fourth-order valence-electron chi connectivity index (χ4n) is 2.89. The normalized spacial score (nSPS) is 30.0. The van der Waals surface area contributed by atoms with Crippen molar-refractivity contribution in [1.82, 2.24) is 0 Å². The summed E-state index contributed by atoms with van der Waals surface area (Å²) in [5.41, 5.74) is 0.573. The van der Waals surface area contributed by atoms with Gasteiger partial charge in [-0.25, -0.2) is 0 Å². The smallest absolute Gasteiger partial charge is 0.0364 e. The van der Waals surface area contributed by atoms with Crippen LogP contribution >= 0.6 is 11.6 Å². The molecule has 0 aromatic carbocycles. The van der Waals surface area contributed by atoms with E-state index < -0.39 is 0 Å². The van der Waals surface area contributed by atoms with Crippen molar-refractivity contribution in [3.63, 3.8) is 0 Å². The average Bonchev–Trinajstić information content (AvgIpc) is 2.87. The van der Waals surface area contributed by atoms with Crippen molar-refractivity contribution in [2.24, 2.45) is 11.3 Å². The lowest BCUT2D eigenvalue weighted by Gasteiger charge is -2.27. The number of alkyl halides is 1. The first-order valence-electron chi connectivity index (χ1n) is 5.87. The first-order chi connectivity index (χ1) is 6.23. The fraction of sp³-hybridized carbons (Fsp3) is 1.00. The molecule has 0 saturated heterocycles. The maximum absolute atomic E-state index is 6.25. The molecule has 1 unspecified atom stereocenters. The van der Waals surface area contributed by atoms with Gasteiger partial charge in [0, 0.05) is 5.38 Å². The molecule has 0 aromatic rings. The van der Waals surface area contributed by atoms with Gasteiger partial charge in [0.25, 0.3) is 0 Å². The molecule has 0 spiro atoms. The van der Waals surface area contributed by atoms with E-state index in [1.54, 1.807) is 0 Å². The molecule has 0 nitrogen and oxygen atoms in total. The lowest BCUT2D eigenvalue weighted by Crippen LogP contribution is -2.19. The first kappa shape index (κ1) is 9.83. The van der Waals surface area contributed by atoms with Gasteiger partial charge in [0.2, 0.25) is 0 Å². The molecule has 1 heteroatoms. The van der Waals surface area contributed by atoms with Crippen LogP contribution in [0.1, 0.15) is 58.3 Å². The van der Waals surface area contributed by atoms with E-state index in [9.17, 15) is 0 Å². The predicted octanol–water partition coefficient (Wildman–Crippen LogP) is 4.36. The lowest BCUT2D eigenvalue weighted by molar-refractivity contribution is 0.272. The monoisotopic (exact) mass is 200 g/mol. The van der Waals surface area contributed by atoms with Crippen LogP contribution in [0.15, 0.2) is 0 Å². The Labute approximate surface area is 87.0 Å². The van der Waals surface area contributed by atoms with Crippen LogP contribution in [0.5, 0.6) is 0 Å². The maximum Gasteiger partial charge on any atom is 0.0364 e. The van der Waals surface area contributed by atoms with Crippen molar-refractivity contribution in [2.45, 2.75) is 63.7 Å². The van der Waals surface area contributed by atoms with Gasteiger partial charge in [-0.15, -0.1) is 11.6 Å². The number of halogens is 1. The summed E-state index contributed by atoms with van der Waals surface area (Å²) in [6.07, 6.45) is 11.6. The van der Waals surface area contributed by atoms with Crippen molar-refractivity contribution in [3.05, 3.63) is 0 Å². The Morgan fingerprint density at radius 3 is 2.31 bits per heavy atom. The Bertz CT molecular complexity index is 164. The number of rotatable bonds is 3. The van der Waals surface area contributed by atoms with Gasteiger partial charge in [-0.3, -0.25) is 0 Å². The molecule has 2 saturated carbocycles. The second-order valence-electron chi connectivity index (χ2n) is 5.19. The van der Waals surface area contributed by atoms with E-state index in [-0.39, 0.29) is 0 Å². The summed E-state index contributed by atoms with van der Waals surface area (Å²) < 4.78 is 0. The average molecular weight is 201 g/mol. The summed E-state index contributed by atoms with van der Waals surface area (Å²) in [6, 6.07) is 0. The van der Waals surface area contributed by atoms with Crippen LogP contribution in [0, 0.1) is 11.3 Å². The van der Waals surface area contributed by atoms with Gasteiger partial charge in [0.05, 0.1) is 0 Å². The van der Waals surface area contributed by atoms with Gasteiger partial charge in [0.1, 0.15) is 0 Å². The standard InChI is InChI=1S/C12H21Cl/c1-10(13)12(7-8-12)9-11-5-3-2-4-6-11/h10-11H,2-9H2,1H3. The zero-order valence-corrected chi connectivity index (χ0v) is 9.45. The third kappa shape index (κ3) is 2.21. The van der Waals surface area contributed by atoms with E-state index in [1.165, 1.54) is 51.4 Å². The summed E-state index contributed by atoms with van der Waals surface area (Å²) in [5, 5.41) is 0.412. The molecule has 0 heterocycles. The molecular weight excluding hydrogens is 180 g/mol. The Balaban J connectivity index is 1.82. The molecule has 0 N–H and O–H groups in total. The molecule has 2 aliphatic rings. The minimum atomic E-state index is 0.412. The quantitative estimate of drug-likeness (QED) is 0.594. The Morgan fingerprint density at radius 2 is 1.85 bits per heavy atom. The SMILES string of the molecule is CC(Cl)C1(CC2CCCCC2)CC1. The highest BCUT2D eigenvalue weighted by atomic mass is 35.5.